The molecule has 0 heterocycles. The zero-order valence-corrected chi connectivity index (χ0v) is 53.1. The van der Waals surface area contributed by atoms with Crippen LogP contribution in [0.5, 0.6) is 0 Å². The van der Waals surface area contributed by atoms with E-state index in [2.05, 4.69) is 123 Å². The van der Waals surface area contributed by atoms with Gasteiger partial charge in [0.15, 0.2) is 6.10 Å². The van der Waals surface area contributed by atoms with Gasteiger partial charge in [-0.1, -0.05) is 297 Å². The van der Waals surface area contributed by atoms with E-state index in [0.29, 0.717) is 6.42 Å². The minimum atomic E-state index is -4.40. The highest BCUT2D eigenvalue weighted by Gasteiger charge is 2.26. The fourth-order valence-electron chi connectivity index (χ4n) is 9.30. The Morgan fingerprint density at radius 2 is 0.642 bits per heavy atom. The van der Waals surface area contributed by atoms with Crippen molar-refractivity contribution in [1.82, 2.24) is 0 Å². The quantitative estimate of drug-likeness (QED) is 0.0264. The van der Waals surface area contributed by atoms with Crippen LogP contribution in [0.15, 0.2) is 109 Å². The van der Waals surface area contributed by atoms with Crippen molar-refractivity contribution in [2.45, 2.75) is 302 Å². The molecule has 0 bridgehead atoms. The molecule has 9 nitrogen and oxygen atoms in total. The zero-order chi connectivity index (χ0) is 58.7. The Bertz CT molecular complexity index is 1690. The molecule has 2 atom stereocenters. The highest BCUT2D eigenvalue weighted by atomic mass is 31.2. The second kappa shape index (κ2) is 65.8. The predicted molar refractivity (Wildman–Crippen MR) is 348 cm³/mol. The van der Waals surface area contributed by atoms with Crippen LogP contribution in [-0.2, 0) is 32.7 Å². The van der Waals surface area contributed by atoms with Crippen molar-refractivity contribution in [2.24, 2.45) is 5.73 Å². The molecule has 0 aliphatic rings. The van der Waals surface area contributed by atoms with Crippen LogP contribution >= 0.6 is 7.82 Å². The fraction of sp³-hybridized carbons (Fsp3) is 0.718. The average Bonchev–Trinajstić information content (AvgIpc) is 3.46. The molecule has 0 aromatic rings. The lowest BCUT2D eigenvalue weighted by Gasteiger charge is -2.19. The molecule has 0 aromatic carbocycles. The molecular weight excluding hydrogens is 1030 g/mol. The van der Waals surface area contributed by atoms with E-state index in [1.54, 1.807) is 0 Å². The number of esters is 2. The standard InChI is InChI=1S/C71H124NO8P/c1-3-5-7-9-11-13-15-17-19-21-23-25-27-29-31-33-34-36-38-40-42-44-46-48-50-52-54-56-58-60-62-64-71(74)80-69(68-79-81(75,76)78-66-65-72)67-77-70(73)63-61-59-57-55-53-51-49-47-45-43-41-39-37-35-32-30-28-26-24-22-20-18-16-14-12-10-8-6-4-2/h5-8,11-14,17-20,23-26,29,31,69H,3-4,9-10,15-16,21-22,27-28,30,32-68,72H2,1-2H3,(H,75,76)/b7-5-,8-6-,13-11-,14-12-,19-17-,20-18-,25-23-,26-24-,31-29-. The molecule has 0 spiro atoms. The monoisotopic (exact) mass is 1150 g/mol. The summed E-state index contributed by atoms with van der Waals surface area (Å²) in [6.45, 7) is 3.55. The Balaban J connectivity index is 3.89. The molecule has 466 valence electrons. The molecule has 10 heteroatoms. The minimum Gasteiger partial charge on any atom is -0.462 e. The number of phosphoric acid groups is 1. The van der Waals surface area contributed by atoms with Gasteiger partial charge in [0.25, 0.3) is 0 Å². The number of allylic oxidation sites excluding steroid dienone is 18. The number of phosphoric ester groups is 1. The molecule has 0 fully saturated rings. The minimum absolute atomic E-state index is 0.0506. The Morgan fingerprint density at radius 3 is 0.951 bits per heavy atom. The molecule has 0 aliphatic heterocycles. The van der Waals surface area contributed by atoms with Gasteiger partial charge < -0.3 is 20.1 Å². The molecule has 0 saturated heterocycles. The van der Waals surface area contributed by atoms with Crippen LogP contribution in [0.2, 0.25) is 0 Å². The first-order chi connectivity index (χ1) is 39.8. The third-order valence-electron chi connectivity index (χ3n) is 14.2. The lowest BCUT2D eigenvalue weighted by atomic mass is 10.0. The van der Waals surface area contributed by atoms with Gasteiger partial charge >= 0.3 is 19.8 Å². The largest absolute Gasteiger partial charge is 0.472 e. The SMILES string of the molecule is CC/C=C\C/C=C\C/C=C\C/C=C\C/C=C\CCCCCCCCCCCCCCCCCC(=O)OC(COC(=O)CCCCCCCCCCCCCCCCCC/C=C\C/C=C\C/C=C\C/C=C\CC)COP(=O)(O)OCCN. The second-order valence-electron chi connectivity index (χ2n) is 21.9. The van der Waals surface area contributed by atoms with Crippen LogP contribution in [0.25, 0.3) is 0 Å². The molecular formula is C71H124NO8P. The third kappa shape index (κ3) is 65.7. The van der Waals surface area contributed by atoms with Crippen molar-refractivity contribution >= 4 is 19.8 Å². The number of carbonyl (C=O) groups is 2. The lowest BCUT2D eigenvalue weighted by molar-refractivity contribution is -0.161. The van der Waals surface area contributed by atoms with Crippen molar-refractivity contribution < 1.29 is 37.6 Å². The number of carbonyl (C=O) groups excluding carboxylic acids is 2. The summed E-state index contributed by atoms with van der Waals surface area (Å²) in [4.78, 5) is 35.3. The molecule has 0 radical (unpaired) electrons. The van der Waals surface area contributed by atoms with E-state index < -0.39 is 26.5 Å². The van der Waals surface area contributed by atoms with E-state index >= 15 is 0 Å². The van der Waals surface area contributed by atoms with Crippen LogP contribution in [0, 0.1) is 0 Å². The number of ether oxygens (including phenoxy) is 2. The normalized spacial score (nSPS) is 13.7. The molecule has 0 saturated carbocycles. The Hall–Kier alpha value is -3.33. The van der Waals surface area contributed by atoms with Crippen LogP contribution in [-0.4, -0.2) is 49.3 Å². The van der Waals surface area contributed by atoms with Crippen LogP contribution in [0.4, 0.5) is 0 Å². The Kier molecular flexibility index (Phi) is 63.1. The summed E-state index contributed by atoms with van der Waals surface area (Å²) < 4.78 is 33.2. The van der Waals surface area contributed by atoms with Crippen molar-refractivity contribution in [1.29, 1.82) is 0 Å². The molecule has 0 rings (SSSR count). The van der Waals surface area contributed by atoms with Gasteiger partial charge in [-0.3, -0.25) is 18.6 Å². The van der Waals surface area contributed by atoms with Gasteiger partial charge in [0.1, 0.15) is 6.61 Å². The van der Waals surface area contributed by atoms with Gasteiger partial charge in [-0.25, -0.2) is 4.57 Å². The fourth-order valence-corrected chi connectivity index (χ4v) is 10.1. The summed E-state index contributed by atoms with van der Waals surface area (Å²) in [5.74, 6) is -0.821. The van der Waals surface area contributed by atoms with Gasteiger partial charge in [0.2, 0.25) is 0 Å². The van der Waals surface area contributed by atoms with Gasteiger partial charge in [-0.2, -0.15) is 0 Å². The first-order valence-electron chi connectivity index (χ1n) is 33.4. The Labute approximate surface area is 499 Å². The maximum atomic E-state index is 12.8. The van der Waals surface area contributed by atoms with Crippen molar-refractivity contribution in [3.05, 3.63) is 109 Å². The van der Waals surface area contributed by atoms with E-state index in [1.165, 1.54) is 167 Å². The smallest absolute Gasteiger partial charge is 0.462 e. The average molecular weight is 1150 g/mol. The highest BCUT2D eigenvalue weighted by Crippen LogP contribution is 2.43. The molecule has 0 amide bonds. The Morgan fingerprint density at radius 1 is 0.370 bits per heavy atom. The number of nitrogens with two attached hydrogens (primary N) is 1. The summed E-state index contributed by atoms with van der Waals surface area (Å²) in [6.07, 6.45) is 90.2. The van der Waals surface area contributed by atoms with Crippen LogP contribution < -0.4 is 5.73 Å². The predicted octanol–water partition coefficient (Wildman–Crippen LogP) is 21.7. The van der Waals surface area contributed by atoms with Gasteiger partial charge in [0.05, 0.1) is 13.2 Å². The summed E-state index contributed by atoms with van der Waals surface area (Å²) in [5, 5.41) is 0. The molecule has 0 aromatic heterocycles. The summed E-state index contributed by atoms with van der Waals surface area (Å²) >= 11 is 0. The first-order valence-corrected chi connectivity index (χ1v) is 34.9. The van der Waals surface area contributed by atoms with Gasteiger partial charge in [-0.15, -0.1) is 0 Å². The van der Waals surface area contributed by atoms with Crippen molar-refractivity contribution in [3.63, 3.8) is 0 Å². The summed E-state index contributed by atoms with van der Waals surface area (Å²) in [5.41, 5.74) is 5.40. The molecule has 0 aliphatic carbocycles. The van der Waals surface area contributed by atoms with E-state index in [-0.39, 0.29) is 38.6 Å². The van der Waals surface area contributed by atoms with Crippen molar-refractivity contribution in [3.8, 4) is 0 Å². The van der Waals surface area contributed by atoms with E-state index in [9.17, 15) is 19.0 Å². The highest BCUT2D eigenvalue weighted by molar-refractivity contribution is 7.47. The van der Waals surface area contributed by atoms with E-state index in [0.717, 1.165) is 96.3 Å². The number of unbranched alkanes of at least 4 members (excludes halogenated alkanes) is 31. The molecule has 81 heavy (non-hydrogen) atoms. The van der Waals surface area contributed by atoms with Crippen LogP contribution in [0.1, 0.15) is 296 Å². The molecule has 2 unspecified atom stereocenters. The number of rotatable bonds is 62. The zero-order valence-electron chi connectivity index (χ0n) is 52.2. The van der Waals surface area contributed by atoms with E-state index in [4.69, 9.17) is 24.3 Å². The summed E-state index contributed by atoms with van der Waals surface area (Å²) in [7, 11) is -4.40. The topological polar surface area (TPSA) is 134 Å². The first kappa shape index (κ1) is 77.7. The summed E-state index contributed by atoms with van der Waals surface area (Å²) in [6, 6.07) is 0. The van der Waals surface area contributed by atoms with E-state index in [1.807, 2.05) is 0 Å². The van der Waals surface area contributed by atoms with Gasteiger partial charge in [-0.05, 0) is 96.3 Å². The number of hydrogen-bond donors (Lipinski definition) is 2. The molecule has 3 N–H and O–H groups in total. The third-order valence-corrected chi connectivity index (χ3v) is 15.1. The maximum Gasteiger partial charge on any atom is 0.472 e. The maximum absolute atomic E-state index is 12.8. The van der Waals surface area contributed by atoms with Crippen LogP contribution in [0.3, 0.4) is 0 Å². The lowest BCUT2D eigenvalue weighted by Crippen LogP contribution is -2.29. The van der Waals surface area contributed by atoms with Crippen molar-refractivity contribution in [2.75, 3.05) is 26.4 Å². The second-order valence-corrected chi connectivity index (χ2v) is 23.4. The van der Waals surface area contributed by atoms with Gasteiger partial charge in [0, 0.05) is 19.4 Å². The number of hydrogen-bond acceptors (Lipinski definition) is 8.